The molecule has 1 unspecified atom stereocenters. The number of rotatable bonds is 5. The van der Waals surface area contributed by atoms with Crippen LogP contribution in [0.5, 0.6) is 0 Å². The first-order valence-corrected chi connectivity index (χ1v) is 7.49. The second-order valence-electron chi connectivity index (χ2n) is 5.23. The molecule has 7 heteroatoms. The maximum atomic E-state index is 11.8. The van der Waals surface area contributed by atoms with E-state index in [0.29, 0.717) is 5.56 Å². The van der Waals surface area contributed by atoms with Crippen LogP contribution in [0.3, 0.4) is 0 Å². The number of carbonyl (C=O) groups is 3. The maximum absolute atomic E-state index is 11.8. The number of nitrogens with one attached hydrogen (secondary N) is 2. The lowest BCUT2D eigenvalue weighted by Gasteiger charge is -2.13. The Bertz CT molecular complexity index is 786. The SMILES string of the molecule is CC(NC(=O)C(=O)NN=Cc1ccc(C(=O)O)cc1)c1ccccc1. The first-order chi connectivity index (χ1) is 12.0. The lowest BCUT2D eigenvalue weighted by molar-refractivity contribution is -0.139. The molecule has 0 spiro atoms. The van der Waals surface area contributed by atoms with Gasteiger partial charge in [0, 0.05) is 0 Å². The van der Waals surface area contributed by atoms with Gasteiger partial charge >= 0.3 is 17.8 Å². The van der Waals surface area contributed by atoms with E-state index < -0.39 is 17.8 Å². The molecule has 0 saturated carbocycles. The molecule has 0 aliphatic rings. The summed E-state index contributed by atoms with van der Waals surface area (Å²) in [6, 6.07) is 14.8. The van der Waals surface area contributed by atoms with Gasteiger partial charge in [0.05, 0.1) is 17.8 Å². The topological polar surface area (TPSA) is 108 Å². The summed E-state index contributed by atoms with van der Waals surface area (Å²) in [6.45, 7) is 1.77. The Hall–Kier alpha value is -3.48. The summed E-state index contributed by atoms with van der Waals surface area (Å²) in [5.41, 5.74) is 3.74. The maximum Gasteiger partial charge on any atom is 0.335 e. The molecular formula is C18H17N3O4. The number of nitrogens with zero attached hydrogens (tertiary/aromatic N) is 1. The van der Waals surface area contributed by atoms with Gasteiger partial charge < -0.3 is 10.4 Å². The van der Waals surface area contributed by atoms with Gasteiger partial charge in [0.15, 0.2) is 0 Å². The van der Waals surface area contributed by atoms with E-state index in [0.717, 1.165) is 5.56 Å². The molecule has 0 bridgehead atoms. The van der Waals surface area contributed by atoms with Gasteiger partial charge in [-0.3, -0.25) is 9.59 Å². The largest absolute Gasteiger partial charge is 0.478 e. The molecule has 0 heterocycles. The molecule has 2 aromatic rings. The lowest BCUT2D eigenvalue weighted by Crippen LogP contribution is -2.39. The fraction of sp³-hybridized carbons (Fsp3) is 0.111. The number of carbonyl (C=O) groups excluding carboxylic acids is 2. The van der Waals surface area contributed by atoms with Crippen molar-refractivity contribution in [2.75, 3.05) is 0 Å². The Morgan fingerprint density at radius 3 is 2.24 bits per heavy atom. The van der Waals surface area contributed by atoms with Crippen LogP contribution in [-0.4, -0.2) is 29.1 Å². The van der Waals surface area contributed by atoms with E-state index in [2.05, 4.69) is 15.8 Å². The van der Waals surface area contributed by atoms with Crippen molar-refractivity contribution in [2.45, 2.75) is 13.0 Å². The molecule has 0 aromatic heterocycles. The van der Waals surface area contributed by atoms with Crippen LogP contribution >= 0.6 is 0 Å². The minimum atomic E-state index is -1.03. The van der Waals surface area contributed by atoms with Crippen LogP contribution in [0.2, 0.25) is 0 Å². The van der Waals surface area contributed by atoms with E-state index in [9.17, 15) is 14.4 Å². The number of hydrogen-bond acceptors (Lipinski definition) is 4. The molecule has 0 saturated heterocycles. The number of hydrazone groups is 1. The van der Waals surface area contributed by atoms with Gasteiger partial charge in [-0.25, -0.2) is 10.2 Å². The van der Waals surface area contributed by atoms with E-state index in [1.54, 1.807) is 6.92 Å². The fourth-order valence-electron chi connectivity index (χ4n) is 2.02. The van der Waals surface area contributed by atoms with Crippen molar-refractivity contribution in [2.24, 2.45) is 5.10 Å². The van der Waals surface area contributed by atoms with Crippen LogP contribution in [0.4, 0.5) is 0 Å². The van der Waals surface area contributed by atoms with Crippen molar-refractivity contribution in [3.63, 3.8) is 0 Å². The summed E-state index contributed by atoms with van der Waals surface area (Å²) in [4.78, 5) is 34.3. The number of hydrogen-bond donors (Lipinski definition) is 3. The minimum Gasteiger partial charge on any atom is -0.478 e. The van der Waals surface area contributed by atoms with Crippen molar-refractivity contribution < 1.29 is 19.5 Å². The third-order valence-corrected chi connectivity index (χ3v) is 3.39. The quantitative estimate of drug-likeness (QED) is 0.438. The van der Waals surface area contributed by atoms with E-state index in [4.69, 9.17) is 5.11 Å². The van der Waals surface area contributed by atoms with Crippen molar-refractivity contribution in [3.05, 3.63) is 71.3 Å². The lowest BCUT2D eigenvalue weighted by atomic mass is 10.1. The zero-order valence-corrected chi connectivity index (χ0v) is 13.5. The predicted octanol–water partition coefficient (Wildman–Crippen LogP) is 1.71. The minimum absolute atomic E-state index is 0.149. The van der Waals surface area contributed by atoms with Gasteiger partial charge in [-0.2, -0.15) is 5.10 Å². The van der Waals surface area contributed by atoms with Crippen molar-refractivity contribution in [3.8, 4) is 0 Å². The highest BCUT2D eigenvalue weighted by Gasteiger charge is 2.16. The smallest absolute Gasteiger partial charge is 0.335 e. The summed E-state index contributed by atoms with van der Waals surface area (Å²) in [6.07, 6.45) is 1.32. The van der Waals surface area contributed by atoms with Crippen LogP contribution in [0, 0.1) is 0 Å². The monoisotopic (exact) mass is 339 g/mol. The molecule has 128 valence electrons. The summed E-state index contributed by atoms with van der Waals surface area (Å²) in [5, 5.41) is 15.1. The summed E-state index contributed by atoms with van der Waals surface area (Å²) in [5.74, 6) is -2.71. The second-order valence-corrected chi connectivity index (χ2v) is 5.23. The highest BCUT2D eigenvalue weighted by molar-refractivity contribution is 6.35. The highest BCUT2D eigenvalue weighted by atomic mass is 16.4. The second kappa shape index (κ2) is 8.39. The first-order valence-electron chi connectivity index (χ1n) is 7.49. The van der Waals surface area contributed by atoms with Crippen LogP contribution in [0.1, 0.15) is 34.5 Å². The Morgan fingerprint density at radius 1 is 1.00 bits per heavy atom. The van der Waals surface area contributed by atoms with Crippen molar-refractivity contribution in [1.82, 2.24) is 10.7 Å². The normalized spacial score (nSPS) is 11.7. The van der Waals surface area contributed by atoms with Gasteiger partial charge in [-0.05, 0) is 30.2 Å². The van der Waals surface area contributed by atoms with Crippen LogP contribution in [-0.2, 0) is 9.59 Å². The van der Waals surface area contributed by atoms with Gasteiger partial charge in [-0.15, -0.1) is 0 Å². The third kappa shape index (κ3) is 5.28. The summed E-state index contributed by atoms with van der Waals surface area (Å²) < 4.78 is 0. The zero-order chi connectivity index (χ0) is 18.2. The molecule has 7 nitrogen and oxygen atoms in total. The zero-order valence-electron chi connectivity index (χ0n) is 13.5. The molecule has 0 aliphatic carbocycles. The number of carboxylic acids is 1. The Labute approximate surface area is 144 Å². The average molecular weight is 339 g/mol. The molecule has 0 aliphatic heterocycles. The standard InChI is InChI=1S/C18H17N3O4/c1-12(14-5-3-2-4-6-14)20-16(22)17(23)21-19-11-13-7-9-15(10-8-13)18(24)25/h2-12H,1H3,(H,20,22)(H,21,23)(H,24,25). The number of amides is 2. The number of aromatic carboxylic acids is 1. The van der Waals surface area contributed by atoms with E-state index in [1.807, 2.05) is 30.3 Å². The predicted molar refractivity (Wildman–Crippen MR) is 92.1 cm³/mol. The van der Waals surface area contributed by atoms with E-state index in [-0.39, 0.29) is 11.6 Å². The molecule has 3 N–H and O–H groups in total. The van der Waals surface area contributed by atoms with E-state index in [1.165, 1.54) is 30.5 Å². The molecule has 2 amide bonds. The molecule has 2 rings (SSSR count). The first kappa shape index (κ1) is 17.9. The number of carboxylic acid groups (broad SMARTS) is 1. The van der Waals surface area contributed by atoms with Gasteiger partial charge in [-0.1, -0.05) is 42.5 Å². The third-order valence-electron chi connectivity index (χ3n) is 3.39. The van der Waals surface area contributed by atoms with E-state index >= 15 is 0 Å². The molecule has 1 atom stereocenters. The Balaban J connectivity index is 1.86. The molecule has 2 aromatic carbocycles. The van der Waals surface area contributed by atoms with Gasteiger partial charge in [0.2, 0.25) is 0 Å². The van der Waals surface area contributed by atoms with Crippen LogP contribution in [0.25, 0.3) is 0 Å². The van der Waals surface area contributed by atoms with Crippen LogP contribution < -0.4 is 10.7 Å². The molecular weight excluding hydrogens is 322 g/mol. The van der Waals surface area contributed by atoms with Gasteiger partial charge in [0.25, 0.3) is 0 Å². The summed E-state index contributed by atoms with van der Waals surface area (Å²) >= 11 is 0. The molecule has 0 radical (unpaired) electrons. The number of benzene rings is 2. The molecule has 0 fully saturated rings. The highest BCUT2D eigenvalue weighted by Crippen LogP contribution is 2.10. The van der Waals surface area contributed by atoms with Crippen molar-refractivity contribution in [1.29, 1.82) is 0 Å². The fourth-order valence-corrected chi connectivity index (χ4v) is 2.02. The Kier molecular flexibility index (Phi) is 6.00. The van der Waals surface area contributed by atoms with Gasteiger partial charge in [0.1, 0.15) is 0 Å². The summed E-state index contributed by atoms with van der Waals surface area (Å²) in [7, 11) is 0. The van der Waals surface area contributed by atoms with Crippen LogP contribution in [0.15, 0.2) is 59.7 Å². The average Bonchev–Trinajstić information content (AvgIpc) is 2.62. The molecule has 25 heavy (non-hydrogen) atoms. The Morgan fingerprint density at radius 2 is 1.64 bits per heavy atom. The van der Waals surface area contributed by atoms with Crippen molar-refractivity contribution >= 4 is 24.0 Å².